The highest BCUT2D eigenvalue weighted by molar-refractivity contribution is 7.80. The van der Waals surface area contributed by atoms with Gasteiger partial charge in [-0.2, -0.15) is 12.6 Å². The fourth-order valence-corrected chi connectivity index (χ4v) is 1.78. The molecule has 1 nitrogen and oxygen atoms in total. The van der Waals surface area contributed by atoms with Gasteiger partial charge in [-0.25, -0.2) is 0 Å². The van der Waals surface area contributed by atoms with Crippen LogP contribution in [-0.2, 0) is 0 Å². The summed E-state index contributed by atoms with van der Waals surface area (Å²) in [6.45, 7) is 9.29. The summed E-state index contributed by atoms with van der Waals surface area (Å²) in [6, 6.07) is 0.751. The minimum atomic E-state index is 0.751. The van der Waals surface area contributed by atoms with Crippen LogP contribution in [0.25, 0.3) is 0 Å². The first kappa shape index (κ1) is 13.3. The molecule has 0 aromatic heterocycles. The molecule has 0 aromatic rings. The highest BCUT2D eigenvalue weighted by atomic mass is 32.1. The van der Waals surface area contributed by atoms with Crippen LogP contribution < -0.4 is 0 Å². The Labute approximate surface area is 89.3 Å². The largest absolute Gasteiger partial charge is 0.301 e. The smallest absolute Gasteiger partial charge is 0.00641 e. The van der Waals surface area contributed by atoms with Gasteiger partial charge in [-0.05, 0) is 45.0 Å². The molecule has 0 N–H and O–H groups in total. The Kier molecular flexibility index (Phi) is 9.10. The summed E-state index contributed by atoms with van der Waals surface area (Å²) in [7, 11) is 0. The van der Waals surface area contributed by atoms with E-state index in [1.165, 1.54) is 38.8 Å². The fraction of sp³-hybridized carbons (Fsp3) is 1.00. The summed E-state index contributed by atoms with van der Waals surface area (Å²) >= 11 is 4.21. The molecule has 2 heteroatoms. The second kappa shape index (κ2) is 8.89. The van der Waals surface area contributed by atoms with Gasteiger partial charge in [0, 0.05) is 6.04 Å². The summed E-state index contributed by atoms with van der Waals surface area (Å²) in [5.41, 5.74) is 0. The van der Waals surface area contributed by atoms with E-state index >= 15 is 0 Å². The fourth-order valence-electron chi connectivity index (χ4n) is 1.55. The average molecular weight is 203 g/mol. The van der Waals surface area contributed by atoms with Gasteiger partial charge in [-0.15, -0.1) is 0 Å². The predicted molar refractivity (Wildman–Crippen MR) is 64.7 cm³/mol. The van der Waals surface area contributed by atoms with E-state index in [0.717, 1.165) is 11.8 Å². The molecule has 13 heavy (non-hydrogen) atoms. The molecule has 0 aliphatic rings. The van der Waals surface area contributed by atoms with Crippen LogP contribution in [0, 0.1) is 0 Å². The van der Waals surface area contributed by atoms with Crippen molar-refractivity contribution in [3.63, 3.8) is 0 Å². The molecule has 0 spiro atoms. The van der Waals surface area contributed by atoms with E-state index < -0.39 is 0 Å². The highest BCUT2D eigenvalue weighted by Crippen LogP contribution is 2.06. The lowest BCUT2D eigenvalue weighted by Gasteiger charge is -2.26. The van der Waals surface area contributed by atoms with E-state index in [1.807, 2.05) is 0 Å². The lowest BCUT2D eigenvalue weighted by atomic mass is 10.2. The molecular formula is C11H25NS. The van der Waals surface area contributed by atoms with E-state index in [4.69, 9.17) is 0 Å². The minimum absolute atomic E-state index is 0.751. The van der Waals surface area contributed by atoms with Crippen LogP contribution in [0.15, 0.2) is 0 Å². The van der Waals surface area contributed by atoms with Gasteiger partial charge >= 0.3 is 0 Å². The lowest BCUT2D eigenvalue weighted by molar-refractivity contribution is 0.210. The standard InChI is InChI=1S/C11H25NS/c1-4-11(3)12(5-2)9-7-6-8-10-13/h11,13H,4-10H2,1-3H3. The first-order valence-corrected chi connectivity index (χ1v) is 6.24. The zero-order valence-electron chi connectivity index (χ0n) is 9.42. The van der Waals surface area contributed by atoms with Crippen molar-refractivity contribution in [2.45, 2.75) is 52.5 Å². The van der Waals surface area contributed by atoms with Gasteiger partial charge in [0.1, 0.15) is 0 Å². The Bertz CT molecular complexity index is 106. The molecule has 0 amide bonds. The third-order valence-corrected chi connectivity index (χ3v) is 3.04. The van der Waals surface area contributed by atoms with Crippen molar-refractivity contribution in [3.05, 3.63) is 0 Å². The van der Waals surface area contributed by atoms with Gasteiger partial charge < -0.3 is 4.90 Å². The Morgan fingerprint density at radius 3 is 2.31 bits per heavy atom. The predicted octanol–water partition coefficient (Wildman–Crippen LogP) is 3.21. The normalized spacial score (nSPS) is 13.6. The van der Waals surface area contributed by atoms with E-state index in [9.17, 15) is 0 Å². The van der Waals surface area contributed by atoms with Gasteiger partial charge in [0.05, 0.1) is 0 Å². The maximum absolute atomic E-state index is 4.21. The molecule has 0 aliphatic carbocycles. The van der Waals surface area contributed by atoms with Crippen LogP contribution in [0.1, 0.15) is 46.5 Å². The summed E-state index contributed by atoms with van der Waals surface area (Å²) in [5.74, 6) is 1.04. The SMILES string of the molecule is CCC(C)N(CC)CCCCCS. The molecule has 80 valence electrons. The van der Waals surface area contributed by atoms with Crippen LogP contribution >= 0.6 is 12.6 Å². The number of hydrogen-bond donors (Lipinski definition) is 1. The number of hydrogen-bond acceptors (Lipinski definition) is 2. The summed E-state index contributed by atoms with van der Waals surface area (Å²) < 4.78 is 0. The van der Waals surface area contributed by atoms with E-state index in [2.05, 4.69) is 38.3 Å². The monoisotopic (exact) mass is 203 g/mol. The summed E-state index contributed by atoms with van der Waals surface area (Å²) in [6.07, 6.45) is 5.19. The molecule has 0 fully saturated rings. The zero-order chi connectivity index (χ0) is 10.1. The first-order chi connectivity index (χ1) is 6.26. The average Bonchev–Trinajstić information content (AvgIpc) is 2.17. The third kappa shape index (κ3) is 6.39. The van der Waals surface area contributed by atoms with Crippen molar-refractivity contribution in [2.24, 2.45) is 0 Å². The molecule has 0 saturated heterocycles. The van der Waals surface area contributed by atoms with Crippen molar-refractivity contribution >= 4 is 12.6 Å². The van der Waals surface area contributed by atoms with E-state index in [0.29, 0.717) is 0 Å². The number of rotatable bonds is 8. The van der Waals surface area contributed by atoms with Crippen molar-refractivity contribution < 1.29 is 0 Å². The maximum atomic E-state index is 4.21. The number of unbranched alkanes of at least 4 members (excludes halogenated alkanes) is 2. The molecule has 0 bridgehead atoms. The molecule has 0 heterocycles. The van der Waals surface area contributed by atoms with Crippen LogP contribution in [0.3, 0.4) is 0 Å². The summed E-state index contributed by atoms with van der Waals surface area (Å²) in [4.78, 5) is 2.57. The van der Waals surface area contributed by atoms with Crippen molar-refractivity contribution in [1.82, 2.24) is 4.90 Å². The quantitative estimate of drug-likeness (QED) is 0.468. The maximum Gasteiger partial charge on any atom is 0.00641 e. The van der Waals surface area contributed by atoms with Gasteiger partial charge in [0.2, 0.25) is 0 Å². The molecule has 0 aliphatic heterocycles. The molecule has 1 unspecified atom stereocenters. The Morgan fingerprint density at radius 2 is 1.85 bits per heavy atom. The van der Waals surface area contributed by atoms with E-state index in [-0.39, 0.29) is 0 Å². The Morgan fingerprint density at radius 1 is 1.15 bits per heavy atom. The topological polar surface area (TPSA) is 3.24 Å². The first-order valence-electron chi connectivity index (χ1n) is 5.61. The Balaban J connectivity index is 3.47. The zero-order valence-corrected chi connectivity index (χ0v) is 10.3. The van der Waals surface area contributed by atoms with Crippen LogP contribution in [-0.4, -0.2) is 29.8 Å². The van der Waals surface area contributed by atoms with Gasteiger partial charge in [0.15, 0.2) is 0 Å². The van der Waals surface area contributed by atoms with Gasteiger partial charge in [0.25, 0.3) is 0 Å². The Hall–Kier alpha value is 0.310. The second-order valence-electron chi connectivity index (χ2n) is 3.67. The van der Waals surface area contributed by atoms with Crippen molar-refractivity contribution in [1.29, 1.82) is 0 Å². The van der Waals surface area contributed by atoms with Gasteiger partial charge in [-0.1, -0.05) is 20.3 Å². The molecule has 0 saturated carbocycles. The molecule has 0 aromatic carbocycles. The van der Waals surface area contributed by atoms with Crippen molar-refractivity contribution in [2.75, 3.05) is 18.8 Å². The molecule has 1 atom stereocenters. The number of nitrogens with zero attached hydrogens (tertiary/aromatic N) is 1. The van der Waals surface area contributed by atoms with E-state index in [1.54, 1.807) is 0 Å². The van der Waals surface area contributed by atoms with Crippen LogP contribution in [0.2, 0.25) is 0 Å². The van der Waals surface area contributed by atoms with Crippen LogP contribution in [0.5, 0.6) is 0 Å². The van der Waals surface area contributed by atoms with Gasteiger partial charge in [-0.3, -0.25) is 0 Å². The molecule has 0 radical (unpaired) electrons. The highest BCUT2D eigenvalue weighted by Gasteiger charge is 2.08. The third-order valence-electron chi connectivity index (χ3n) is 2.72. The second-order valence-corrected chi connectivity index (χ2v) is 4.12. The van der Waals surface area contributed by atoms with Crippen molar-refractivity contribution in [3.8, 4) is 0 Å². The molecular weight excluding hydrogens is 178 g/mol. The van der Waals surface area contributed by atoms with Crippen LogP contribution in [0.4, 0.5) is 0 Å². The molecule has 0 rings (SSSR count). The number of thiol groups is 1. The summed E-state index contributed by atoms with van der Waals surface area (Å²) in [5, 5.41) is 0. The minimum Gasteiger partial charge on any atom is -0.301 e. The lowest BCUT2D eigenvalue weighted by Crippen LogP contribution is -2.33.